The molecule has 0 saturated carbocycles. The summed E-state index contributed by atoms with van der Waals surface area (Å²) in [4.78, 5) is 1.43. The normalized spacial score (nSPS) is 10.4. The van der Waals surface area contributed by atoms with E-state index in [4.69, 9.17) is 9.47 Å². The van der Waals surface area contributed by atoms with Crippen molar-refractivity contribution in [2.45, 2.75) is 0 Å². The Morgan fingerprint density at radius 1 is 0.905 bits per heavy atom. The molecule has 2 aromatic carbocycles. The molecule has 3 rings (SSSR count). The average Bonchev–Trinajstić information content (AvgIpc) is 3.04. The first kappa shape index (κ1) is 13.1. The molecule has 0 atom stereocenters. The van der Waals surface area contributed by atoms with Crippen LogP contribution in [0.15, 0.2) is 48.5 Å². The van der Waals surface area contributed by atoms with Crippen LogP contribution in [0, 0.1) is 0 Å². The predicted molar refractivity (Wildman–Crippen MR) is 77.7 cm³/mol. The Labute approximate surface area is 121 Å². The summed E-state index contributed by atoms with van der Waals surface area (Å²) in [5, 5.41) is 12.6. The topological polar surface area (TPSA) is 62.1 Å². The standard InChI is InChI=1S/C15H14N4O2/c1-20-13-10-6-9-12(14(13)21-2)19-17-15(16-18-19)11-7-4-3-5-8-11/h3-10H,1-2H3. The summed E-state index contributed by atoms with van der Waals surface area (Å²) in [6.07, 6.45) is 0. The van der Waals surface area contributed by atoms with Crippen LogP contribution >= 0.6 is 0 Å². The van der Waals surface area contributed by atoms with Crippen molar-refractivity contribution in [2.75, 3.05) is 14.2 Å². The van der Waals surface area contributed by atoms with Gasteiger partial charge in [0.15, 0.2) is 11.5 Å². The molecule has 0 aliphatic carbocycles. The van der Waals surface area contributed by atoms with Crippen LogP contribution in [0.3, 0.4) is 0 Å². The summed E-state index contributed by atoms with van der Waals surface area (Å²) >= 11 is 0. The number of aromatic nitrogens is 4. The molecule has 0 saturated heterocycles. The van der Waals surface area contributed by atoms with Crippen LogP contribution in [0.4, 0.5) is 0 Å². The lowest BCUT2D eigenvalue weighted by molar-refractivity contribution is 0.352. The maximum atomic E-state index is 5.38. The summed E-state index contributed by atoms with van der Waals surface area (Å²) in [7, 11) is 3.17. The van der Waals surface area contributed by atoms with Crippen molar-refractivity contribution in [1.29, 1.82) is 0 Å². The van der Waals surface area contributed by atoms with Gasteiger partial charge in [0, 0.05) is 5.56 Å². The third kappa shape index (κ3) is 2.43. The van der Waals surface area contributed by atoms with Gasteiger partial charge in [-0.25, -0.2) is 0 Å². The number of ether oxygens (including phenoxy) is 2. The molecule has 6 nitrogen and oxygen atoms in total. The van der Waals surface area contributed by atoms with E-state index >= 15 is 0 Å². The Hall–Kier alpha value is -2.89. The van der Waals surface area contributed by atoms with Crippen molar-refractivity contribution in [2.24, 2.45) is 0 Å². The maximum absolute atomic E-state index is 5.38. The molecule has 3 aromatic rings. The lowest BCUT2D eigenvalue weighted by atomic mass is 10.2. The fourth-order valence-electron chi connectivity index (χ4n) is 2.05. The molecule has 0 fully saturated rings. The van der Waals surface area contributed by atoms with Gasteiger partial charge in [0.05, 0.1) is 14.2 Å². The molecule has 1 aromatic heterocycles. The lowest BCUT2D eigenvalue weighted by Crippen LogP contribution is -2.03. The van der Waals surface area contributed by atoms with E-state index in [9.17, 15) is 0 Å². The Morgan fingerprint density at radius 3 is 2.43 bits per heavy atom. The van der Waals surface area contributed by atoms with Crippen molar-refractivity contribution in [1.82, 2.24) is 20.2 Å². The van der Waals surface area contributed by atoms with Gasteiger partial charge in [-0.1, -0.05) is 36.4 Å². The molecule has 21 heavy (non-hydrogen) atoms. The number of hydrogen-bond acceptors (Lipinski definition) is 5. The molecule has 0 spiro atoms. The molecular weight excluding hydrogens is 268 g/mol. The second kappa shape index (κ2) is 5.62. The Balaban J connectivity index is 2.05. The molecule has 0 amide bonds. The zero-order valence-electron chi connectivity index (χ0n) is 11.7. The van der Waals surface area contributed by atoms with Gasteiger partial charge in [0.25, 0.3) is 0 Å². The number of rotatable bonds is 4. The minimum atomic E-state index is 0.556. The van der Waals surface area contributed by atoms with Gasteiger partial charge in [-0.2, -0.15) is 0 Å². The number of methoxy groups -OCH3 is 2. The first-order valence-electron chi connectivity index (χ1n) is 6.40. The molecule has 0 aliphatic heterocycles. The minimum Gasteiger partial charge on any atom is -0.493 e. The van der Waals surface area contributed by atoms with Crippen LogP contribution in [-0.2, 0) is 0 Å². The van der Waals surface area contributed by atoms with Gasteiger partial charge in [-0.05, 0) is 17.3 Å². The first-order valence-corrected chi connectivity index (χ1v) is 6.40. The van der Waals surface area contributed by atoms with Crippen molar-refractivity contribution in [3.63, 3.8) is 0 Å². The number of nitrogens with zero attached hydrogens (tertiary/aromatic N) is 4. The van der Waals surface area contributed by atoms with Gasteiger partial charge in [0.1, 0.15) is 5.69 Å². The predicted octanol–water partition coefficient (Wildman–Crippen LogP) is 2.35. The summed E-state index contributed by atoms with van der Waals surface area (Å²) in [6, 6.07) is 15.2. The van der Waals surface area contributed by atoms with E-state index in [2.05, 4.69) is 15.4 Å². The number of benzene rings is 2. The molecule has 0 aliphatic rings. The Kier molecular flexibility index (Phi) is 3.51. The lowest BCUT2D eigenvalue weighted by Gasteiger charge is -2.10. The third-order valence-electron chi connectivity index (χ3n) is 3.04. The average molecular weight is 282 g/mol. The fourth-order valence-corrected chi connectivity index (χ4v) is 2.05. The molecule has 0 N–H and O–H groups in total. The van der Waals surface area contributed by atoms with Crippen LogP contribution in [0.2, 0.25) is 0 Å². The van der Waals surface area contributed by atoms with Crippen LogP contribution in [0.1, 0.15) is 0 Å². The zero-order chi connectivity index (χ0) is 14.7. The van der Waals surface area contributed by atoms with Crippen molar-refractivity contribution in [3.05, 3.63) is 48.5 Å². The highest BCUT2D eigenvalue weighted by Crippen LogP contribution is 2.32. The van der Waals surface area contributed by atoms with Gasteiger partial charge < -0.3 is 9.47 Å². The zero-order valence-corrected chi connectivity index (χ0v) is 11.7. The summed E-state index contributed by atoms with van der Waals surface area (Å²) in [5.41, 5.74) is 1.58. The Bertz CT molecular complexity index is 740. The highest BCUT2D eigenvalue weighted by Gasteiger charge is 2.14. The van der Waals surface area contributed by atoms with Crippen LogP contribution < -0.4 is 9.47 Å². The summed E-state index contributed by atoms with van der Waals surface area (Å²) in [6.45, 7) is 0. The number of para-hydroxylation sites is 1. The molecule has 0 unspecified atom stereocenters. The second-order valence-corrected chi connectivity index (χ2v) is 4.28. The summed E-state index contributed by atoms with van der Waals surface area (Å²) in [5.74, 6) is 1.74. The van der Waals surface area contributed by atoms with Gasteiger partial charge in [0.2, 0.25) is 5.82 Å². The van der Waals surface area contributed by atoms with Gasteiger partial charge >= 0.3 is 0 Å². The van der Waals surface area contributed by atoms with E-state index in [1.54, 1.807) is 14.2 Å². The highest BCUT2D eigenvalue weighted by molar-refractivity contribution is 5.56. The van der Waals surface area contributed by atoms with Crippen LogP contribution in [-0.4, -0.2) is 34.4 Å². The fraction of sp³-hybridized carbons (Fsp3) is 0.133. The minimum absolute atomic E-state index is 0.556. The summed E-state index contributed by atoms with van der Waals surface area (Å²) < 4.78 is 10.7. The van der Waals surface area contributed by atoms with Gasteiger partial charge in [-0.15, -0.1) is 15.0 Å². The number of hydrogen-bond donors (Lipinski definition) is 0. The van der Waals surface area contributed by atoms with Crippen molar-refractivity contribution >= 4 is 0 Å². The highest BCUT2D eigenvalue weighted by atomic mass is 16.5. The number of tetrazole rings is 1. The van der Waals surface area contributed by atoms with E-state index in [0.29, 0.717) is 23.0 Å². The molecule has 0 radical (unpaired) electrons. The largest absolute Gasteiger partial charge is 0.493 e. The quantitative estimate of drug-likeness (QED) is 0.735. The van der Waals surface area contributed by atoms with Crippen LogP contribution in [0.25, 0.3) is 17.1 Å². The molecule has 1 heterocycles. The van der Waals surface area contributed by atoms with E-state index in [1.807, 2.05) is 48.5 Å². The molecule has 0 bridgehead atoms. The second-order valence-electron chi connectivity index (χ2n) is 4.28. The third-order valence-corrected chi connectivity index (χ3v) is 3.04. The van der Waals surface area contributed by atoms with E-state index in [-0.39, 0.29) is 0 Å². The van der Waals surface area contributed by atoms with E-state index in [1.165, 1.54) is 4.80 Å². The first-order chi connectivity index (χ1) is 10.3. The SMILES string of the molecule is COc1cccc(-n2nnc(-c3ccccc3)n2)c1OC. The molecule has 106 valence electrons. The van der Waals surface area contributed by atoms with E-state index < -0.39 is 0 Å². The van der Waals surface area contributed by atoms with E-state index in [0.717, 1.165) is 5.56 Å². The monoisotopic (exact) mass is 282 g/mol. The van der Waals surface area contributed by atoms with Crippen molar-refractivity contribution in [3.8, 4) is 28.6 Å². The molecule has 6 heteroatoms. The van der Waals surface area contributed by atoms with Gasteiger partial charge in [-0.3, -0.25) is 0 Å². The maximum Gasteiger partial charge on any atom is 0.205 e. The van der Waals surface area contributed by atoms with Crippen LogP contribution in [0.5, 0.6) is 11.5 Å². The Morgan fingerprint density at radius 2 is 1.71 bits per heavy atom. The van der Waals surface area contributed by atoms with Crippen molar-refractivity contribution < 1.29 is 9.47 Å². The smallest absolute Gasteiger partial charge is 0.205 e. The molecular formula is C15H14N4O2.